The molecule has 0 aliphatic rings. The summed E-state index contributed by atoms with van der Waals surface area (Å²) < 4.78 is 5.38. The van der Waals surface area contributed by atoms with E-state index in [1.54, 1.807) is 0 Å². The number of ketones is 1. The van der Waals surface area contributed by atoms with Crippen LogP contribution in [-0.2, 0) is 16.1 Å². The van der Waals surface area contributed by atoms with Gasteiger partial charge in [0.1, 0.15) is 18.0 Å². The molecule has 0 spiro atoms. The van der Waals surface area contributed by atoms with Gasteiger partial charge in [0.05, 0.1) is 6.04 Å². The molecular formula is C32H29N2O3P. The first kappa shape index (κ1) is 26.7. The van der Waals surface area contributed by atoms with Crippen molar-refractivity contribution in [3.63, 3.8) is 0 Å². The Balaban J connectivity index is 1.84. The lowest BCUT2D eigenvalue weighted by atomic mass is 10.1. The molecule has 0 aliphatic carbocycles. The Labute approximate surface area is 223 Å². The van der Waals surface area contributed by atoms with Crippen LogP contribution in [0, 0.1) is 11.3 Å². The number of nitriles is 1. The third kappa shape index (κ3) is 5.62. The molecule has 38 heavy (non-hydrogen) atoms. The van der Waals surface area contributed by atoms with E-state index >= 15 is 0 Å². The maximum absolute atomic E-state index is 14.2. The highest BCUT2D eigenvalue weighted by molar-refractivity contribution is 7.97. The van der Waals surface area contributed by atoms with E-state index in [2.05, 4.69) is 11.4 Å². The summed E-state index contributed by atoms with van der Waals surface area (Å²) in [7, 11) is 0. The first-order valence-electron chi connectivity index (χ1n) is 12.5. The Hall–Kier alpha value is -4.39. The van der Waals surface area contributed by atoms with Gasteiger partial charge in [0.25, 0.3) is 0 Å². The third-order valence-corrected chi connectivity index (χ3v) is 10.5. The van der Waals surface area contributed by atoms with Crippen LogP contribution >= 0.6 is 6.89 Å². The summed E-state index contributed by atoms with van der Waals surface area (Å²) in [6.07, 6.45) is -0.391. The van der Waals surface area contributed by atoms with Gasteiger partial charge in [-0.25, -0.2) is 4.79 Å². The molecule has 190 valence electrons. The van der Waals surface area contributed by atoms with Crippen LogP contribution in [0.1, 0.15) is 18.9 Å². The van der Waals surface area contributed by atoms with E-state index in [0.717, 1.165) is 21.5 Å². The number of Topliss-reactive ketones (excluding diaryl/α,β-unsaturated/α-hetero) is 1. The molecule has 0 unspecified atom stereocenters. The van der Waals surface area contributed by atoms with Crippen molar-refractivity contribution in [2.45, 2.75) is 26.0 Å². The van der Waals surface area contributed by atoms with Crippen LogP contribution < -0.4 is 21.2 Å². The standard InChI is InChI=1S/C32H29N2O3P/c1-2-29(34-32(36)37-24-25-15-7-3-8-16-25)31(35)30(23-33)38(26-17-9-4-10-18-26,27-19-11-5-12-20-27)28-21-13-6-14-22-28/h3-22,29H,2,24H2,1H3,(H,34,36)/t29-/m0/s1. The fourth-order valence-electron chi connectivity index (χ4n) is 4.51. The number of hydrogen-bond acceptors (Lipinski definition) is 4. The number of amides is 1. The molecule has 1 N–H and O–H groups in total. The van der Waals surface area contributed by atoms with Gasteiger partial charge in [-0.05, 0) is 34.8 Å². The van der Waals surface area contributed by atoms with Crippen molar-refractivity contribution in [2.75, 3.05) is 0 Å². The molecule has 0 radical (unpaired) electrons. The second-order valence-corrected chi connectivity index (χ2v) is 12.0. The SMILES string of the molecule is CC[C@H](NC(=O)OCc1ccccc1)C(=O)C(C#N)=P(c1ccccc1)(c1ccccc1)c1ccccc1. The zero-order valence-electron chi connectivity index (χ0n) is 21.2. The predicted octanol–water partition coefficient (Wildman–Crippen LogP) is 4.95. The Morgan fingerprint density at radius 2 is 1.18 bits per heavy atom. The lowest BCUT2D eigenvalue weighted by molar-refractivity contribution is -0.114. The van der Waals surface area contributed by atoms with Gasteiger partial charge >= 0.3 is 6.09 Å². The van der Waals surface area contributed by atoms with Crippen LogP contribution in [0.5, 0.6) is 0 Å². The molecule has 4 rings (SSSR count). The molecule has 0 fully saturated rings. The second kappa shape index (κ2) is 12.7. The van der Waals surface area contributed by atoms with E-state index in [0.29, 0.717) is 6.42 Å². The van der Waals surface area contributed by atoms with E-state index in [4.69, 9.17) is 4.74 Å². The molecule has 4 aromatic rings. The zero-order chi connectivity index (χ0) is 26.8. The monoisotopic (exact) mass is 520 g/mol. The lowest BCUT2D eigenvalue weighted by Gasteiger charge is -2.31. The summed E-state index contributed by atoms with van der Waals surface area (Å²) >= 11 is 0. The van der Waals surface area contributed by atoms with Crippen LogP contribution in [-0.4, -0.2) is 23.2 Å². The number of nitrogens with zero attached hydrogens (tertiary/aromatic N) is 1. The number of alkyl carbamates (subject to hydrolysis) is 1. The number of ether oxygens (including phenoxy) is 1. The van der Waals surface area contributed by atoms with Gasteiger partial charge in [-0.15, -0.1) is 0 Å². The average Bonchev–Trinajstić information content (AvgIpc) is 2.99. The minimum atomic E-state index is -2.88. The minimum Gasteiger partial charge on any atom is -0.445 e. The third-order valence-electron chi connectivity index (χ3n) is 6.33. The van der Waals surface area contributed by atoms with Crippen molar-refractivity contribution in [1.29, 1.82) is 5.26 Å². The molecule has 0 saturated heterocycles. The largest absolute Gasteiger partial charge is 0.445 e. The van der Waals surface area contributed by atoms with E-state index in [-0.39, 0.29) is 11.9 Å². The topological polar surface area (TPSA) is 79.2 Å². The van der Waals surface area contributed by atoms with Gasteiger partial charge < -0.3 is 10.1 Å². The van der Waals surface area contributed by atoms with Gasteiger partial charge in [0.2, 0.25) is 0 Å². The van der Waals surface area contributed by atoms with E-state index in [9.17, 15) is 14.9 Å². The fourth-order valence-corrected chi connectivity index (χ4v) is 8.67. The lowest BCUT2D eigenvalue weighted by Crippen LogP contribution is -2.45. The number of carbonyl (C=O) groups excluding carboxylic acids is 2. The van der Waals surface area contributed by atoms with Crippen LogP contribution in [0.4, 0.5) is 4.79 Å². The summed E-state index contributed by atoms with van der Waals surface area (Å²) in [6, 6.07) is 39.8. The van der Waals surface area contributed by atoms with Gasteiger partial charge in [-0.3, -0.25) is 4.79 Å². The normalized spacial score (nSPS) is 11.6. The Bertz CT molecular complexity index is 1360. The quantitative estimate of drug-likeness (QED) is 0.317. The Morgan fingerprint density at radius 1 is 0.763 bits per heavy atom. The molecule has 6 heteroatoms. The van der Waals surface area contributed by atoms with Crippen molar-refractivity contribution >= 4 is 40.0 Å². The first-order chi connectivity index (χ1) is 18.6. The minimum absolute atomic E-state index is 0.0844. The van der Waals surface area contributed by atoms with Crippen molar-refractivity contribution in [2.24, 2.45) is 0 Å². The predicted molar refractivity (Wildman–Crippen MR) is 155 cm³/mol. The fraction of sp³-hybridized carbons (Fsp3) is 0.125. The van der Waals surface area contributed by atoms with Crippen LogP contribution in [0.15, 0.2) is 121 Å². The molecular weight excluding hydrogens is 491 g/mol. The number of benzene rings is 4. The molecule has 4 aromatic carbocycles. The summed E-state index contributed by atoms with van der Waals surface area (Å²) in [5.74, 6) is -0.406. The van der Waals surface area contributed by atoms with Crippen molar-refractivity contribution < 1.29 is 14.3 Å². The van der Waals surface area contributed by atoms with Crippen LogP contribution in [0.25, 0.3) is 0 Å². The van der Waals surface area contributed by atoms with E-state index in [1.807, 2.05) is 128 Å². The molecule has 0 bridgehead atoms. The molecule has 0 heterocycles. The number of hydrogen-bond donors (Lipinski definition) is 1. The molecule has 1 amide bonds. The molecule has 0 saturated carbocycles. The molecule has 0 aliphatic heterocycles. The molecule has 1 atom stereocenters. The smallest absolute Gasteiger partial charge is 0.408 e. The highest BCUT2D eigenvalue weighted by atomic mass is 31.2. The number of rotatable bonds is 9. The van der Waals surface area contributed by atoms with Crippen molar-refractivity contribution in [3.05, 3.63) is 127 Å². The molecule has 5 nitrogen and oxygen atoms in total. The highest BCUT2D eigenvalue weighted by Crippen LogP contribution is 2.46. The summed E-state index contributed by atoms with van der Waals surface area (Å²) in [5.41, 5.74) is 0.841. The van der Waals surface area contributed by atoms with E-state index < -0.39 is 24.8 Å². The van der Waals surface area contributed by atoms with Crippen molar-refractivity contribution in [1.82, 2.24) is 5.32 Å². The van der Waals surface area contributed by atoms with Crippen LogP contribution in [0.3, 0.4) is 0 Å². The average molecular weight is 521 g/mol. The number of carbonyl (C=O) groups is 2. The first-order valence-corrected chi connectivity index (χ1v) is 14.2. The summed E-state index contributed by atoms with van der Waals surface area (Å²) in [5, 5.41) is 16.1. The molecule has 0 aromatic heterocycles. The zero-order valence-corrected chi connectivity index (χ0v) is 22.1. The second-order valence-electron chi connectivity index (χ2n) is 8.67. The Kier molecular flexibility index (Phi) is 8.93. The van der Waals surface area contributed by atoms with Gasteiger partial charge in [0, 0.05) is 0 Å². The Morgan fingerprint density at radius 3 is 1.58 bits per heavy atom. The maximum atomic E-state index is 14.2. The maximum Gasteiger partial charge on any atom is 0.408 e. The van der Waals surface area contributed by atoms with Crippen molar-refractivity contribution in [3.8, 4) is 6.07 Å². The summed E-state index contributed by atoms with van der Waals surface area (Å²) in [6.45, 7) is -0.987. The van der Waals surface area contributed by atoms with Gasteiger partial charge in [-0.2, -0.15) is 5.26 Å². The van der Waals surface area contributed by atoms with Crippen LogP contribution in [0.2, 0.25) is 0 Å². The van der Waals surface area contributed by atoms with Gasteiger partial charge in [-0.1, -0.05) is 128 Å². The van der Waals surface area contributed by atoms with Gasteiger partial charge in [0.15, 0.2) is 5.78 Å². The highest BCUT2D eigenvalue weighted by Gasteiger charge is 2.36. The summed E-state index contributed by atoms with van der Waals surface area (Å²) in [4.78, 5) is 26.9. The van der Waals surface area contributed by atoms with E-state index in [1.165, 1.54) is 0 Å². The number of nitrogens with one attached hydrogen (secondary N) is 1.